The number of nitrogens with zero attached hydrogens (tertiary/aromatic N) is 4. The quantitative estimate of drug-likeness (QED) is 0.348. The molecule has 5 rings (SSSR count). The third kappa shape index (κ3) is 4.63. The van der Waals surface area contributed by atoms with Crippen molar-refractivity contribution in [3.8, 4) is 17.1 Å². The maximum Gasteiger partial charge on any atom is 0.255 e. The monoisotopic (exact) mass is 514 g/mol. The van der Waals surface area contributed by atoms with Crippen molar-refractivity contribution in [2.75, 3.05) is 36.7 Å². The smallest absolute Gasteiger partial charge is 0.255 e. The van der Waals surface area contributed by atoms with Gasteiger partial charge in [0.05, 0.1) is 18.4 Å². The highest BCUT2D eigenvalue weighted by Gasteiger charge is 2.35. The molecule has 0 aliphatic carbocycles. The molecule has 4 aromatic rings. The second kappa shape index (κ2) is 9.99. The third-order valence-corrected chi connectivity index (χ3v) is 6.64. The van der Waals surface area contributed by atoms with Crippen molar-refractivity contribution in [1.82, 2.24) is 14.8 Å². The van der Waals surface area contributed by atoms with Crippen molar-refractivity contribution in [2.45, 2.75) is 13.0 Å². The van der Waals surface area contributed by atoms with Gasteiger partial charge in [-0.25, -0.2) is 4.68 Å². The van der Waals surface area contributed by atoms with E-state index in [-0.39, 0.29) is 5.91 Å². The summed E-state index contributed by atoms with van der Waals surface area (Å²) in [5.74, 6) is 1.35. The Hall–Kier alpha value is -4.30. The van der Waals surface area contributed by atoms with Crippen LogP contribution in [0.5, 0.6) is 5.75 Å². The van der Waals surface area contributed by atoms with E-state index in [1.54, 1.807) is 23.9 Å². The summed E-state index contributed by atoms with van der Waals surface area (Å²) in [6.07, 6.45) is 0. The Morgan fingerprint density at radius 1 is 1.05 bits per heavy atom. The highest BCUT2D eigenvalue weighted by atomic mass is 35.5. The van der Waals surface area contributed by atoms with Gasteiger partial charge in [-0.2, -0.15) is 4.98 Å². The van der Waals surface area contributed by atoms with E-state index < -0.39 is 6.04 Å². The van der Waals surface area contributed by atoms with E-state index in [1.807, 2.05) is 86.6 Å². The van der Waals surface area contributed by atoms with Gasteiger partial charge < -0.3 is 20.3 Å². The van der Waals surface area contributed by atoms with E-state index in [2.05, 4.69) is 10.6 Å². The molecule has 2 heterocycles. The molecule has 1 unspecified atom stereocenters. The van der Waals surface area contributed by atoms with Gasteiger partial charge in [-0.05, 0) is 49.4 Å². The predicted molar refractivity (Wildman–Crippen MR) is 147 cm³/mol. The molecule has 1 atom stereocenters. The van der Waals surface area contributed by atoms with Crippen LogP contribution in [0, 0.1) is 0 Å². The summed E-state index contributed by atoms with van der Waals surface area (Å²) in [5, 5.41) is 11.6. The minimum atomic E-state index is -0.595. The molecule has 188 valence electrons. The van der Waals surface area contributed by atoms with Gasteiger partial charge in [0, 0.05) is 41.6 Å². The highest BCUT2D eigenvalue weighted by Crippen LogP contribution is 2.39. The van der Waals surface area contributed by atoms with E-state index in [0.29, 0.717) is 39.5 Å². The average molecular weight is 515 g/mol. The van der Waals surface area contributed by atoms with Gasteiger partial charge >= 0.3 is 0 Å². The van der Waals surface area contributed by atoms with E-state index in [0.717, 1.165) is 16.8 Å². The SMILES string of the molecule is COc1ccccc1NC(=O)C1=C(C)Nc2nc(-c3ccc(N(C)C)cc3)nn2C1c1ccccc1Cl. The molecule has 3 aromatic carbocycles. The Morgan fingerprint density at radius 2 is 1.76 bits per heavy atom. The van der Waals surface area contributed by atoms with E-state index in [1.165, 1.54) is 0 Å². The molecule has 0 saturated carbocycles. The first kappa shape index (κ1) is 24.4. The van der Waals surface area contributed by atoms with Crippen molar-refractivity contribution < 1.29 is 9.53 Å². The maximum absolute atomic E-state index is 13.8. The molecule has 37 heavy (non-hydrogen) atoms. The van der Waals surface area contributed by atoms with E-state index in [9.17, 15) is 4.79 Å². The topological polar surface area (TPSA) is 84.3 Å². The number of rotatable bonds is 6. The lowest BCUT2D eigenvalue weighted by Gasteiger charge is -2.29. The van der Waals surface area contributed by atoms with Gasteiger partial charge in [0.15, 0.2) is 5.82 Å². The molecular weight excluding hydrogens is 488 g/mol. The van der Waals surface area contributed by atoms with E-state index >= 15 is 0 Å². The van der Waals surface area contributed by atoms with Crippen LogP contribution in [0.3, 0.4) is 0 Å². The Kier molecular flexibility index (Phi) is 6.58. The zero-order valence-electron chi connectivity index (χ0n) is 21.0. The van der Waals surface area contributed by atoms with Crippen LogP contribution in [-0.2, 0) is 4.79 Å². The van der Waals surface area contributed by atoms with Crippen molar-refractivity contribution in [1.29, 1.82) is 0 Å². The molecular formula is C28H27ClN6O2. The zero-order valence-corrected chi connectivity index (χ0v) is 21.7. The molecule has 8 nitrogen and oxygen atoms in total. The minimum absolute atomic E-state index is 0.294. The Balaban J connectivity index is 1.59. The van der Waals surface area contributed by atoms with E-state index in [4.69, 9.17) is 26.4 Å². The highest BCUT2D eigenvalue weighted by molar-refractivity contribution is 6.31. The summed E-state index contributed by atoms with van der Waals surface area (Å²) in [6.45, 7) is 1.85. The largest absolute Gasteiger partial charge is 0.495 e. The number of para-hydroxylation sites is 2. The molecule has 0 fully saturated rings. The van der Waals surface area contributed by atoms with Gasteiger partial charge in [0.1, 0.15) is 11.8 Å². The maximum atomic E-state index is 13.8. The molecule has 1 amide bonds. The average Bonchev–Trinajstić information content (AvgIpc) is 3.32. The van der Waals surface area contributed by atoms with Gasteiger partial charge in [-0.1, -0.05) is 41.9 Å². The summed E-state index contributed by atoms with van der Waals surface area (Å²) in [5.41, 5.74) is 4.39. The summed E-state index contributed by atoms with van der Waals surface area (Å²) in [7, 11) is 5.55. The number of methoxy groups -OCH3 is 1. The number of allylic oxidation sites excluding steroid dienone is 1. The molecule has 1 aliphatic rings. The lowest BCUT2D eigenvalue weighted by Crippen LogP contribution is -2.31. The van der Waals surface area contributed by atoms with Gasteiger partial charge in [-0.15, -0.1) is 5.10 Å². The molecule has 1 aromatic heterocycles. The van der Waals surface area contributed by atoms with Gasteiger partial charge in [-0.3, -0.25) is 4.79 Å². The number of ether oxygens (including phenoxy) is 1. The fourth-order valence-electron chi connectivity index (χ4n) is 4.40. The minimum Gasteiger partial charge on any atom is -0.495 e. The van der Waals surface area contributed by atoms with Gasteiger partial charge in [0.2, 0.25) is 5.95 Å². The standard InChI is InChI=1S/C28H27ClN6O2/c1-17-24(27(36)31-22-11-7-8-12-23(22)37-4)25(20-9-5-6-10-21(20)29)35-28(30-17)32-26(33-35)18-13-15-19(16-14-18)34(2)3/h5-16,25H,1-4H3,(H,31,36)(H,30,32,33). The Bertz CT molecular complexity index is 1490. The number of carbonyl (C=O) groups is 1. The summed E-state index contributed by atoms with van der Waals surface area (Å²) in [6, 6.07) is 22.2. The number of hydrogen-bond donors (Lipinski definition) is 2. The number of halogens is 1. The first-order valence-electron chi connectivity index (χ1n) is 11.8. The number of nitrogens with one attached hydrogen (secondary N) is 2. The predicted octanol–water partition coefficient (Wildman–Crippen LogP) is 5.60. The number of fused-ring (bicyclic) bond motifs is 1. The van der Waals surface area contributed by atoms with Crippen LogP contribution in [0.15, 0.2) is 84.1 Å². The summed E-state index contributed by atoms with van der Waals surface area (Å²) < 4.78 is 7.15. The van der Waals surface area contributed by atoms with Crippen LogP contribution in [0.2, 0.25) is 5.02 Å². The molecule has 0 bridgehead atoms. The second-order valence-electron chi connectivity index (χ2n) is 8.89. The summed E-state index contributed by atoms with van der Waals surface area (Å²) in [4.78, 5) is 20.5. The Labute approximate surface area is 220 Å². The molecule has 0 radical (unpaired) electrons. The number of carbonyl (C=O) groups excluding carboxylic acids is 1. The number of anilines is 3. The van der Waals surface area contributed by atoms with Crippen molar-refractivity contribution in [3.05, 3.63) is 94.7 Å². The van der Waals surface area contributed by atoms with Gasteiger partial charge in [0.25, 0.3) is 5.91 Å². The van der Waals surface area contributed by atoms with Crippen LogP contribution in [0.25, 0.3) is 11.4 Å². The first-order chi connectivity index (χ1) is 17.9. The fraction of sp³-hybridized carbons (Fsp3) is 0.179. The normalized spacial score (nSPS) is 14.6. The van der Waals surface area contributed by atoms with Crippen molar-refractivity contribution >= 4 is 34.8 Å². The van der Waals surface area contributed by atoms with Crippen LogP contribution in [-0.4, -0.2) is 41.9 Å². The van der Waals surface area contributed by atoms with Crippen LogP contribution < -0.4 is 20.3 Å². The first-order valence-corrected chi connectivity index (χ1v) is 12.2. The molecule has 0 spiro atoms. The van der Waals surface area contributed by atoms with Crippen molar-refractivity contribution in [3.63, 3.8) is 0 Å². The second-order valence-corrected chi connectivity index (χ2v) is 9.29. The third-order valence-electron chi connectivity index (χ3n) is 6.29. The molecule has 2 N–H and O–H groups in total. The van der Waals surface area contributed by atoms with Crippen molar-refractivity contribution in [2.24, 2.45) is 0 Å². The molecule has 1 aliphatic heterocycles. The number of aromatic nitrogens is 3. The molecule has 0 saturated heterocycles. The lowest BCUT2D eigenvalue weighted by atomic mass is 9.95. The fourth-order valence-corrected chi connectivity index (χ4v) is 4.64. The van der Waals surface area contributed by atoms with Crippen LogP contribution in [0.4, 0.5) is 17.3 Å². The number of hydrogen-bond acceptors (Lipinski definition) is 6. The Morgan fingerprint density at radius 3 is 2.46 bits per heavy atom. The number of amides is 1. The zero-order chi connectivity index (χ0) is 26.1. The van der Waals surface area contributed by atoms with Crippen LogP contribution >= 0.6 is 11.6 Å². The van der Waals surface area contributed by atoms with Crippen LogP contribution in [0.1, 0.15) is 18.5 Å². The number of benzene rings is 3. The summed E-state index contributed by atoms with van der Waals surface area (Å²) >= 11 is 6.66. The molecule has 9 heteroatoms. The lowest BCUT2D eigenvalue weighted by molar-refractivity contribution is -0.113.